The quantitative estimate of drug-likeness (QED) is 0.263. The molecule has 2 amide bonds. The second kappa shape index (κ2) is 13.6. The van der Waals surface area contributed by atoms with Crippen LogP contribution in [0, 0.1) is 0 Å². The highest BCUT2D eigenvalue weighted by Crippen LogP contribution is 2.47. The maximum atomic E-state index is 14.3. The Hall–Kier alpha value is -2.51. The highest BCUT2D eigenvalue weighted by atomic mass is 35.5. The molecule has 1 fully saturated rings. The minimum Gasteiger partial charge on any atom is -0.396 e. The fourth-order valence-corrected chi connectivity index (χ4v) is 8.38. The number of amides is 2. The lowest BCUT2D eigenvalue weighted by Gasteiger charge is -2.49. The molecule has 0 radical (unpaired) electrons. The first-order valence-corrected chi connectivity index (χ1v) is 17.5. The monoisotopic (exact) mass is 665 g/mol. The van der Waals surface area contributed by atoms with E-state index >= 15 is 0 Å². The van der Waals surface area contributed by atoms with Crippen LogP contribution in [0.2, 0.25) is 10.0 Å². The minimum atomic E-state index is -3.58. The summed E-state index contributed by atoms with van der Waals surface area (Å²) in [5, 5.41) is 9.89. The topological polar surface area (TPSA) is 125 Å². The van der Waals surface area contributed by atoms with Crippen molar-refractivity contribution in [3.63, 3.8) is 0 Å². The van der Waals surface area contributed by atoms with Gasteiger partial charge < -0.3 is 10.0 Å². The van der Waals surface area contributed by atoms with E-state index in [1.807, 2.05) is 12.1 Å². The van der Waals surface area contributed by atoms with Crippen LogP contribution < -0.4 is 10.2 Å². The Labute approximate surface area is 265 Å². The molecule has 230 valence electrons. The first-order chi connectivity index (χ1) is 20.6. The number of fused-ring (bicyclic) bond motifs is 1. The number of sulfonamides is 1. The van der Waals surface area contributed by atoms with Crippen LogP contribution in [0.3, 0.4) is 0 Å². The van der Waals surface area contributed by atoms with Crippen LogP contribution in [0.25, 0.3) is 0 Å². The SMILES string of the molecule is CS(=O)(=O)N[C@H]1CCCC[C@@H]1N1C(=O)c2ccccc2[C@@H](C(=O)NOCc2ccc(CCO)s2)[C@@H]1c1ccc(Cl)cc1Cl. The van der Waals surface area contributed by atoms with E-state index in [4.69, 9.17) is 28.0 Å². The van der Waals surface area contributed by atoms with Gasteiger partial charge in [0.15, 0.2) is 0 Å². The lowest BCUT2D eigenvalue weighted by Crippen LogP contribution is -2.59. The molecule has 13 heteroatoms. The van der Waals surface area contributed by atoms with Gasteiger partial charge in [-0.1, -0.05) is 60.3 Å². The number of thiophene rings is 1. The second-order valence-electron chi connectivity index (χ2n) is 10.8. The van der Waals surface area contributed by atoms with E-state index < -0.39 is 40.0 Å². The van der Waals surface area contributed by atoms with Gasteiger partial charge in [-0.15, -0.1) is 11.3 Å². The van der Waals surface area contributed by atoms with Crippen molar-refractivity contribution in [2.75, 3.05) is 12.9 Å². The van der Waals surface area contributed by atoms with Crippen LogP contribution in [0.15, 0.2) is 54.6 Å². The molecule has 1 aromatic heterocycles. The van der Waals surface area contributed by atoms with Gasteiger partial charge in [0, 0.05) is 50.5 Å². The Morgan fingerprint density at radius 3 is 2.56 bits per heavy atom. The van der Waals surface area contributed by atoms with E-state index in [0.29, 0.717) is 41.0 Å². The molecule has 2 aromatic carbocycles. The Kier molecular flexibility index (Phi) is 10.1. The molecule has 2 heterocycles. The lowest BCUT2D eigenvalue weighted by molar-refractivity contribution is -0.138. The number of hydroxylamine groups is 1. The molecule has 0 bridgehead atoms. The zero-order chi connectivity index (χ0) is 30.7. The van der Waals surface area contributed by atoms with E-state index in [0.717, 1.165) is 28.9 Å². The van der Waals surface area contributed by atoms with Gasteiger partial charge in [-0.05, 0) is 54.3 Å². The van der Waals surface area contributed by atoms with E-state index in [1.54, 1.807) is 47.4 Å². The number of nitrogens with one attached hydrogen (secondary N) is 2. The average Bonchev–Trinajstić information content (AvgIpc) is 3.40. The van der Waals surface area contributed by atoms with Crippen molar-refractivity contribution in [2.45, 2.75) is 62.8 Å². The predicted molar refractivity (Wildman–Crippen MR) is 167 cm³/mol. The normalized spacial score (nSPS) is 22.3. The first-order valence-electron chi connectivity index (χ1n) is 14.0. The molecule has 43 heavy (non-hydrogen) atoms. The predicted octanol–water partition coefficient (Wildman–Crippen LogP) is 4.98. The van der Waals surface area contributed by atoms with Crippen LogP contribution in [0.4, 0.5) is 0 Å². The third-order valence-corrected chi connectivity index (χ3v) is 10.3. The summed E-state index contributed by atoms with van der Waals surface area (Å²) in [4.78, 5) is 37.6. The Balaban J connectivity index is 1.55. The maximum absolute atomic E-state index is 14.3. The summed E-state index contributed by atoms with van der Waals surface area (Å²) in [6.45, 7) is 0.165. The van der Waals surface area contributed by atoms with Gasteiger partial charge in [-0.2, -0.15) is 0 Å². The number of benzene rings is 2. The summed E-state index contributed by atoms with van der Waals surface area (Å²) in [6.07, 6.45) is 4.33. The molecule has 9 nitrogen and oxygen atoms in total. The molecule has 0 saturated heterocycles. The summed E-state index contributed by atoms with van der Waals surface area (Å²) >= 11 is 14.5. The lowest BCUT2D eigenvalue weighted by atomic mass is 9.76. The number of carbonyl (C=O) groups is 2. The molecule has 0 unspecified atom stereocenters. The fraction of sp³-hybridized carbons (Fsp3) is 0.400. The van der Waals surface area contributed by atoms with Crippen LogP contribution in [0.1, 0.15) is 68.9 Å². The zero-order valence-electron chi connectivity index (χ0n) is 23.5. The standard InChI is InChI=1S/C30H33Cl2N3O6S2/c1-43(39,40)34-25-8-4-5-9-26(25)35-28(23-13-10-18(31)16-24(23)32)27(21-6-2-3-7-22(21)30(35)38)29(37)33-41-17-20-12-11-19(42-20)14-15-36/h2-3,6-7,10-13,16,25-28,34,36H,4-5,8-9,14-15,17H2,1H3,(H,33,37)/t25-,26-,27+,28-/m0/s1. The zero-order valence-corrected chi connectivity index (χ0v) is 26.6. The highest BCUT2D eigenvalue weighted by Gasteiger charge is 2.49. The van der Waals surface area contributed by atoms with Crippen molar-refractivity contribution in [3.8, 4) is 0 Å². The summed E-state index contributed by atoms with van der Waals surface area (Å²) < 4.78 is 27.4. The summed E-state index contributed by atoms with van der Waals surface area (Å²) in [5.74, 6) is -1.71. The van der Waals surface area contributed by atoms with Crippen LogP contribution >= 0.6 is 34.5 Å². The number of nitrogens with zero attached hydrogens (tertiary/aromatic N) is 1. The molecular formula is C30H33Cl2N3O6S2. The van der Waals surface area contributed by atoms with Crippen molar-refractivity contribution in [3.05, 3.63) is 91.1 Å². The van der Waals surface area contributed by atoms with Gasteiger partial charge in [0.1, 0.15) is 6.61 Å². The van der Waals surface area contributed by atoms with E-state index in [2.05, 4.69) is 10.2 Å². The van der Waals surface area contributed by atoms with Crippen molar-refractivity contribution < 1.29 is 28.0 Å². The van der Waals surface area contributed by atoms with Crippen molar-refractivity contribution >= 4 is 56.4 Å². The first kappa shape index (κ1) is 31.9. The largest absolute Gasteiger partial charge is 0.396 e. The molecule has 4 atom stereocenters. The van der Waals surface area contributed by atoms with Crippen LogP contribution in [-0.4, -0.2) is 55.2 Å². The molecule has 1 saturated carbocycles. The molecule has 0 spiro atoms. The molecule has 5 rings (SSSR count). The van der Waals surface area contributed by atoms with Crippen molar-refractivity contribution in [1.29, 1.82) is 0 Å². The number of aliphatic hydroxyl groups is 1. The third kappa shape index (κ3) is 7.25. The van der Waals surface area contributed by atoms with Crippen LogP contribution in [0.5, 0.6) is 0 Å². The molecule has 2 aliphatic rings. The maximum Gasteiger partial charge on any atom is 0.255 e. The van der Waals surface area contributed by atoms with Gasteiger partial charge in [-0.3, -0.25) is 14.4 Å². The third-order valence-electron chi connectivity index (χ3n) is 7.85. The summed E-state index contributed by atoms with van der Waals surface area (Å²) in [5.41, 5.74) is 4.00. The van der Waals surface area contributed by atoms with Crippen LogP contribution in [-0.2, 0) is 32.7 Å². The number of carbonyl (C=O) groups excluding carboxylic acids is 2. The van der Waals surface area contributed by atoms with Gasteiger partial charge >= 0.3 is 0 Å². The van der Waals surface area contributed by atoms with Crippen molar-refractivity contribution in [1.82, 2.24) is 15.1 Å². The summed E-state index contributed by atoms with van der Waals surface area (Å²) in [7, 11) is -3.58. The molecule has 3 N–H and O–H groups in total. The highest BCUT2D eigenvalue weighted by molar-refractivity contribution is 7.88. The number of aliphatic hydroxyl groups excluding tert-OH is 1. The molecule has 1 aliphatic carbocycles. The Bertz CT molecular complexity index is 1600. The van der Waals surface area contributed by atoms with Gasteiger partial charge in [-0.25, -0.2) is 18.6 Å². The Morgan fingerprint density at radius 1 is 1.07 bits per heavy atom. The fourth-order valence-electron chi connectivity index (χ4n) is 6.11. The van der Waals surface area contributed by atoms with Crippen molar-refractivity contribution in [2.24, 2.45) is 0 Å². The number of hydrogen-bond acceptors (Lipinski definition) is 7. The van der Waals surface area contributed by atoms with E-state index in [1.165, 1.54) is 11.3 Å². The average molecular weight is 667 g/mol. The summed E-state index contributed by atoms with van der Waals surface area (Å²) in [6, 6.07) is 13.7. The van der Waals surface area contributed by atoms with Gasteiger partial charge in [0.05, 0.1) is 18.2 Å². The number of hydrogen-bond donors (Lipinski definition) is 3. The van der Waals surface area contributed by atoms with E-state index in [9.17, 15) is 23.1 Å². The minimum absolute atomic E-state index is 0.0457. The number of rotatable bonds is 10. The molecule has 3 aromatic rings. The Morgan fingerprint density at radius 2 is 1.81 bits per heavy atom. The molecular weight excluding hydrogens is 633 g/mol. The van der Waals surface area contributed by atoms with E-state index in [-0.39, 0.29) is 24.1 Å². The second-order valence-corrected chi connectivity index (χ2v) is 14.7. The number of halogens is 2. The van der Waals surface area contributed by atoms with Gasteiger partial charge in [0.2, 0.25) is 10.0 Å². The molecule has 1 aliphatic heterocycles. The van der Waals surface area contributed by atoms with Gasteiger partial charge in [0.25, 0.3) is 11.8 Å². The smallest absolute Gasteiger partial charge is 0.255 e.